The van der Waals surface area contributed by atoms with Crippen molar-refractivity contribution in [2.45, 2.75) is 38.9 Å². The van der Waals surface area contributed by atoms with E-state index in [1.54, 1.807) is 58.3 Å². The third-order valence-corrected chi connectivity index (χ3v) is 11.6. The van der Waals surface area contributed by atoms with Crippen molar-refractivity contribution in [3.05, 3.63) is 71.3 Å². The summed E-state index contributed by atoms with van der Waals surface area (Å²) in [6.45, 7) is -0.180. The van der Waals surface area contributed by atoms with Gasteiger partial charge in [0.1, 0.15) is 13.1 Å². The van der Waals surface area contributed by atoms with E-state index in [0.717, 1.165) is 5.56 Å². The Bertz CT molecular complexity index is 2160. The van der Waals surface area contributed by atoms with Gasteiger partial charge in [-0.05, 0) is 92.0 Å². The van der Waals surface area contributed by atoms with E-state index in [-0.39, 0.29) is 78.8 Å². The summed E-state index contributed by atoms with van der Waals surface area (Å²) in [6, 6.07) is 15.7. The normalized spacial score (nSPS) is 15.6. The topological polar surface area (TPSA) is 247 Å². The van der Waals surface area contributed by atoms with Crippen molar-refractivity contribution in [3.63, 3.8) is 0 Å². The molecule has 386 valence electrons. The van der Waals surface area contributed by atoms with Gasteiger partial charge in [0, 0.05) is 45.8 Å². The van der Waals surface area contributed by atoms with Gasteiger partial charge in [0.05, 0.1) is 75.6 Å². The van der Waals surface area contributed by atoms with Crippen LogP contribution in [-0.2, 0) is 48.3 Å². The van der Waals surface area contributed by atoms with Gasteiger partial charge in [-0.15, -0.1) is 0 Å². The second-order valence-electron chi connectivity index (χ2n) is 16.5. The Balaban J connectivity index is 1.82. The van der Waals surface area contributed by atoms with Crippen LogP contribution in [0.15, 0.2) is 54.6 Å². The van der Waals surface area contributed by atoms with Gasteiger partial charge in [0.25, 0.3) is 0 Å². The maximum atomic E-state index is 14.7. The first-order valence-electron chi connectivity index (χ1n) is 23.3. The average molecular weight is 980 g/mol. The molecule has 0 aromatic heterocycles. The molecule has 6 N–H and O–H groups in total. The molecule has 21 nitrogen and oxygen atoms in total. The lowest BCUT2D eigenvalue weighted by molar-refractivity contribution is -0.148. The minimum atomic E-state index is -0.564. The molecule has 0 bridgehead atoms. The van der Waals surface area contributed by atoms with E-state index in [1.807, 2.05) is 6.07 Å². The molecule has 0 atom stereocenters. The highest BCUT2D eigenvalue weighted by molar-refractivity contribution is 5.91. The number of ether oxygens (including phenoxy) is 7. The lowest BCUT2D eigenvalue weighted by Crippen LogP contribution is -2.51. The smallest absolute Gasteiger partial charge is 0.242 e. The number of carbonyl (C=O) groups excluding carboxylic acids is 5. The van der Waals surface area contributed by atoms with Gasteiger partial charge in [-0.1, -0.05) is 18.2 Å². The predicted molar refractivity (Wildman–Crippen MR) is 261 cm³/mol. The summed E-state index contributed by atoms with van der Waals surface area (Å²) in [7, 11) is 9.07. The summed E-state index contributed by atoms with van der Waals surface area (Å²) in [5.74, 6) is 0.380. The maximum Gasteiger partial charge on any atom is 0.242 e. The SMILES string of the molecule is COc1ccc(CN2CCOCN(CCCN)CC(=O)N(Cc3ccc(OC)c(OC)c3)CC(=O)N(CCCN)CC(=O)N(Cc3ccc(OC)c(OC)c3)CC(=O)N(CCCN)CC2=O)cc1OC. The number of nitrogens with zero attached hydrogens (tertiary/aromatic N) is 6. The predicted octanol–water partition coefficient (Wildman–Crippen LogP) is 1.12. The molecule has 5 amide bonds. The van der Waals surface area contributed by atoms with E-state index in [9.17, 15) is 24.0 Å². The summed E-state index contributed by atoms with van der Waals surface area (Å²) in [5, 5.41) is 0. The molecule has 21 heteroatoms. The molecule has 0 unspecified atom stereocenters. The maximum absolute atomic E-state index is 14.7. The number of nitrogens with two attached hydrogens (primary N) is 3. The van der Waals surface area contributed by atoms with Crippen molar-refractivity contribution in [2.24, 2.45) is 17.2 Å². The molecule has 1 fully saturated rings. The molecular formula is C49H73N9O12. The van der Waals surface area contributed by atoms with Gasteiger partial charge < -0.3 is 74.9 Å². The van der Waals surface area contributed by atoms with E-state index in [4.69, 9.17) is 50.4 Å². The summed E-state index contributed by atoms with van der Waals surface area (Å²) in [5.41, 5.74) is 19.8. The highest BCUT2D eigenvalue weighted by atomic mass is 16.5. The van der Waals surface area contributed by atoms with Crippen LogP contribution in [0.4, 0.5) is 0 Å². The number of benzene rings is 3. The zero-order chi connectivity index (χ0) is 51.0. The molecule has 1 saturated heterocycles. The number of amides is 5. The summed E-state index contributed by atoms with van der Waals surface area (Å²) < 4.78 is 39.2. The van der Waals surface area contributed by atoms with Gasteiger partial charge in [-0.25, -0.2) is 0 Å². The first-order valence-corrected chi connectivity index (χ1v) is 23.3. The van der Waals surface area contributed by atoms with E-state index >= 15 is 0 Å². The van der Waals surface area contributed by atoms with Crippen LogP contribution in [-0.4, -0.2) is 193 Å². The first-order chi connectivity index (χ1) is 33.8. The molecule has 3 aromatic rings. The van der Waals surface area contributed by atoms with Crippen LogP contribution in [0.25, 0.3) is 0 Å². The van der Waals surface area contributed by atoms with Crippen molar-refractivity contribution >= 4 is 29.5 Å². The van der Waals surface area contributed by atoms with Gasteiger partial charge in [-0.2, -0.15) is 0 Å². The summed E-state index contributed by atoms with van der Waals surface area (Å²) in [6.07, 6.45) is 1.26. The Morgan fingerprint density at radius 3 is 1.14 bits per heavy atom. The molecule has 4 rings (SSSR count). The highest BCUT2D eigenvalue weighted by Gasteiger charge is 2.30. The molecule has 0 aliphatic carbocycles. The van der Waals surface area contributed by atoms with Crippen LogP contribution < -0.4 is 45.6 Å². The third kappa shape index (κ3) is 16.9. The van der Waals surface area contributed by atoms with E-state index in [2.05, 4.69) is 0 Å². The van der Waals surface area contributed by atoms with E-state index in [1.165, 1.54) is 62.3 Å². The fourth-order valence-corrected chi connectivity index (χ4v) is 7.72. The summed E-state index contributed by atoms with van der Waals surface area (Å²) >= 11 is 0. The van der Waals surface area contributed by atoms with Gasteiger partial charge >= 0.3 is 0 Å². The Morgan fingerprint density at radius 1 is 0.429 bits per heavy atom. The van der Waals surface area contributed by atoms with E-state index in [0.29, 0.717) is 78.0 Å². The minimum absolute atomic E-state index is 0.000963. The number of hydrogen-bond acceptors (Lipinski definition) is 16. The van der Waals surface area contributed by atoms with Crippen molar-refractivity contribution < 1.29 is 57.1 Å². The fraction of sp³-hybridized carbons (Fsp3) is 0.531. The van der Waals surface area contributed by atoms with Crippen LogP contribution in [0.1, 0.15) is 36.0 Å². The lowest BCUT2D eigenvalue weighted by atomic mass is 10.1. The lowest BCUT2D eigenvalue weighted by Gasteiger charge is -2.33. The Kier molecular flexibility index (Phi) is 23.8. The molecule has 0 radical (unpaired) electrons. The second-order valence-corrected chi connectivity index (χ2v) is 16.5. The summed E-state index contributed by atoms with van der Waals surface area (Å²) in [4.78, 5) is 81.7. The largest absolute Gasteiger partial charge is 0.493 e. The highest BCUT2D eigenvalue weighted by Crippen LogP contribution is 2.30. The zero-order valence-electron chi connectivity index (χ0n) is 41.7. The third-order valence-electron chi connectivity index (χ3n) is 11.6. The molecule has 0 saturated carbocycles. The number of methoxy groups -OCH3 is 6. The number of carbonyl (C=O) groups is 5. The minimum Gasteiger partial charge on any atom is -0.493 e. The Labute approximate surface area is 411 Å². The molecule has 1 aliphatic heterocycles. The number of rotatable bonds is 21. The molecule has 1 aliphatic rings. The Morgan fingerprint density at radius 2 is 0.757 bits per heavy atom. The van der Waals surface area contributed by atoms with Crippen LogP contribution in [0, 0.1) is 0 Å². The van der Waals surface area contributed by atoms with Crippen molar-refractivity contribution in [2.75, 3.05) is 135 Å². The first kappa shape index (κ1) is 56.2. The second kappa shape index (κ2) is 29.6. The molecular weight excluding hydrogens is 907 g/mol. The van der Waals surface area contributed by atoms with Crippen molar-refractivity contribution in [1.29, 1.82) is 0 Å². The molecule has 0 spiro atoms. The monoisotopic (exact) mass is 980 g/mol. The molecule has 70 heavy (non-hydrogen) atoms. The van der Waals surface area contributed by atoms with E-state index < -0.39 is 49.2 Å². The van der Waals surface area contributed by atoms with Gasteiger partial charge in [0.15, 0.2) is 34.5 Å². The van der Waals surface area contributed by atoms with Crippen molar-refractivity contribution in [3.8, 4) is 34.5 Å². The van der Waals surface area contributed by atoms with Gasteiger partial charge in [-0.3, -0.25) is 28.9 Å². The van der Waals surface area contributed by atoms with Crippen LogP contribution in [0.3, 0.4) is 0 Å². The van der Waals surface area contributed by atoms with Gasteiger partial charge in [0.2, 0.25) is 29.5 Å². The average Bonchev–Trinajstić information content (AvgIpc) is 3.37. The number of hydrogen-bond donors (Lipinski definition) is 3. The fourth-order valence-electron chi connectivity index (χ4n) is 7.72. The van der Waals surface area contributed by atoms with Crippen LogP contribution in [0.5, 0.6) is 34.5 Å². The standard InChI is InChI=1S/C49H73N9O12/c1-64-39-13-10-36(24-42(39)67-4)27-56-22-23-70-35-53(19-7-16-50)30-45(59)57(28-37-11-14-40(65-2)43(25-37)68-5)33-47(61)55(21-9-18-52)32-49(63)58(29-38-12-15-41(66-3)44(26-38)69-6)34-48(62)54(20-8-17-51)31-46(56)60/h10-15,24-26H,7-9,16-23,27-35,50-52H2,1-6H3. The zero-order valence-corrected chi connectivity index (χ0v) is 41.7. The quantitative estimate of drug-likeness (QED) is 0.135. The van der Waals surface area contributed by atoms with Crippen LogP contribution >= 0.6 is 0 Å². The van der Waals surface area contributed by atoms with Crippen LogP contribution in [0.2, 0.25) is 0 Å². The Hall–Kier alpha value is -6.39. The molecule has 1 heterocycles. The van der Waals surface area contributed by atoms with Crippen molar-refractivity contribution in [1.82, 2.24) is 29.4 Å². The molecule has 3 aromatic carbocycles.